The van der Waals surface area contributed by atoms with E-state index in [1.54, 1.807) is 18.2 Å². The van der Waals surface area contributed by atoms with Gasteiger partial charge in [0.2, 0.25) is 0 Å². The maximum atomic E-state index is 12.5. The normalized spacial score (nSPS) is 11.2. The predicted molar refractivity (Wildman–Crippen MR) is 53.6 cm³/mol. The molecule has 1 aromatic carbocycles. The van der Waals surface area contributed by atoms with Gasteiger partial charge in [0, 0.05) is 10.9 Å². The number of benzene rings is 1. The van der Waals surface area contributed by atoms with Crippen molar-refractivity contribution in [2.45, 2.75) is 0 Å². The third-order valence-corrected chi connectivity index (χ3v) is 2.22. The number of hydrogen-bond acceptors (Lipinski definition) is 1. The maximum Gasteiger partial charge on any atom is 1.00 e. The van der Waals surface area contributed by atoms with Crippen LogP contribution in [0.1, 0.15) is 0 Å². The molecule has 0 aliphatic heterocycles. The van der Waals surface area contributed by atoms with E-state index < -0.39 is 12.6 Å². The molecule has 7 heteroatoms. The van der Waals surface area contributed by atoms with Gasteiger partial charge < -0.3 is 22.7 Å². The van der Waals surface area contributed by atoms with Crippen molar-refractivity contribution < 1.29 is 69.1 Å². The Bertz CT molecular complexity index is 497. The minimum atomic E-state index is -4.99. The van der Waals surface area contributed by atoms with Gasteiger partial charge in [-0.05, 0) is 17.7 Å². The summed E-state index contributed by atoms with van der Waals surface area (Å²) in [7, 11) is 1.43. The molecule has 0 aliphatic rings. The molecular formula is C9H8BF3KNO. The van der Waals surface area contributed by atoms with Gasteiger partial charge in [-0.25, -0.2) is 0 Å². The second-order valence-corrected chi connectivity index (χ2v) is 3.22. The van der Waals surface area contributed by atoms with Crippen molar-refractivity contribution in [2.75, 3.05) is 7.11 Å². The topological polar surface area (TPSA) is 25.0 Å². The van der Waals surface area contributed by atoms with Gasteiger partial charge in [-0.3, -0.25) is 0 Å². The molecule has 0 radical (unpaired) electrons. The molecule has 1 heterocycles. The van der Waals surface area contributed by atoms with Crippen molar-refractivity contribution in [3.05, 3.63) is 24.3 Å². The van der Waals surface area contributed by atoms with Crippen LogP contribution in [0.4, 0.5) is 12.9 Å². The standard InChI is InChI=1S/C9H8BF3NO.K/c1-15-8-4-2-3-7-6(8)5-9(14-7)10(11,12)13;/h2-5,14H,1H3;/q-1;+1. The van der Waals surface area contributed by atoms with E-state index in [-0.39, 0.29) is 51.4 Å². The third kappa shape index (κ3) is 2.65. The van der Waals surface area contributed by atoms with Gasteiger partial charge in [-0.1, -0.05) is 12.1 Å². The molecule has 0 bridgehead atoms. The molecule has 1 N–H and O–H groups in total. The Morgan fingerprint density at radius 3 is 2.50 bits per heavy atom. The number of rotatable bonds is 2. The maximum absolute atomic E-state index is 12.5. The molecule has 0 saturated heterocycles. The number of aromatic nitrogens is 1. The Hall–Kier alpha value is 0.0513. The molecule has 1 aromatic heterocycles. The third-order valence-electron chi connectivity index (χ3n) is 2.22. The first-order valence-corrected chi connectivity index (χ1v) is 4.38. The minimum Gasteiger partial charge on any atom is -0.496 e. The molecule has 0 amide bonds. The monoisotopic (exact) mass is 253 g/mol. The van der Waals surface area contributed by atoms with Gasteiger partial charge in [-0.15, -0.1) is 0 Å². The average Bonchev–Trinajstić information content (AvgIpc) is 2.59. The summed E-state index contributed by atoms with van der Waals surface area (Å²) in [4.78, 5) is 2.33. The smallest absolute Gasteiger partial charge is 0.496 e. The van der Waals surface area contributed by atoms with Crippen molar-refractivity contribution >= 4 is 23.5 Å². The Kier molecular flexibility index (Phi) is 4.53. The van der Waals surface area contributed by atoms with Crippen LogP contribution in [-0.4, -0.2) is 19.1 Å². The van der Waals surface area contributed by atoms with E-state index in [9.17, 15) is 12.9 Å². The fourth-order valence-electron chi connectivity index (χ4n) is 1.50. The van der Waals surface area contributed by atoms with Crippen LogP contribution >= 0.6 is 0 Å². The quantitative estimate of drug-likeness (QED) is 0.699. The van der Waals surface area contributed by atoms with Crippen LogP contribution in [-0.2, 0) is 0 Å². The van der Waals surface area contributed by atoms with Crippen LogP contribution < -0.4 is 61.7 Å². The molecule has 0 unspecified atom stereocenters. The van der Waals surface area contributed by atoms with Crippen molar-refractivity contribution in [1.29, 1.82) is 0 Å². The number of H-pyrrole nitrogens is 1. The van der Waals surface area contributed by atoms with Crippen LogP contribution in [0.15, 0.2) is 24.3 Å². The second-order valence-electron chi connectivity index (χ2n) is 3.22. The first-order valence-electron chi connectivity index (χ1n) is 4.38. The second kappa shape index (κ2) is 5.14. The van der Waals surface area contributed by atoms with Crippen LogP contribution in [0.25, 0.3) is 10.9 Å². The van der Waals surface area contributed by atoms with E-state index >= 15 is 0 Å². The Balaban J connectivity index is 0.00000128. The number of halogens is 3. The van der Waals surface area contributed by atoms with Gasteiger partial charge >= 0.3 is 58.4 Å². The number of fused-ring (bicyclic) bond motifs is 1. The van der Waals surface area contributed by atoms with Gasteiger partial charge in [0.25, 0.3) is 0 Å². The Labute approximate surface area is 133 Å². The van der Waals surface area contributed by atoms with E-state index in [2.05, 4.69) is 4.98 Å². The van der Waals surface area contributed by atoms with Gasteiger partial charge in [0.05, 0.1) is 7.11 Å². The fourth-order valence-corrected chi connectivity index (χ4v) is 1.50. The summed E-state index contributed by atoms with van der Waals surface area (Å²) >= 11 is 0. The van der Waals surface area contributed by atoms with Crippen LogP contribution in [0.3, 0.4) is 0 Å². The van der Waals surface area contributed by atoms with E-state index in [1.807, 2.05) is 0 Å². The molecule has 0 fully saturated rings. The molecule has 2 nitrogen and oxygen atoms in total. The number of methoxy groups -OCH3 is 1. The molecule has 0 atom stereocenters. The molecule has 0 saturated carbocycles. The zero-order chi connectivity index (χ0) is 11.1. The summed E-state index contributed by atoms with van der Waals surface area (Å²) < 4.78 is 42.3. The fraction of sp³-hybridized carbons (Fsp3) is 0.111. The SMILES string of the molecule is COc1cccc2[nH]c([B-](F)(F)F)cc12.[K+]. The number of nitrogens with one attached hydrogen (secondary N) is 1. The van der Waals surface area contributed by atoms with Crippen LogP contribution in [0, 0.1) is 0 Å². The van der Waals surface area contributed by atoms with E-state index in [0.29, 0.717) is 16.7 Å². The molecule has 2 aromatic rings. The molecular weight excluding hydrogens is 245 g/mol. The summed E-state index contributed by atoms with van der Waals surface area (Å²) in [5, 5.41) is 0.453. The first kappa shape index (κ1) is 14.1. The van der Waals surface area contributed by atoms with Crippen molar-refractivity contribution in [1.82, 2.24) is 4.98 Å². The Morgan fingerprint density at radius 1 is 1.25 bits per heavy atom. The summed E-state index contributed by atoms with van der Waals surface area (Å²) in [6.07, 6.45) is 0. The number of ether oxygens (including phenoxy) is 1. The number of hydrogen-bond donors (Lipinski definition) is 1. The van der Waals surface area contributed by atoms with Crippen LogP contribution in [0.2, 0.25) is 0 Å². The van der Waals surface area contributed by atoms with E-state index in [0.717, 1.165) is 6.07 Å². The van der Waals surface area contributed by atoms with Gasteiger partial charge in [0.1, 0.15) is 5.75 Å². The summed E-state index contributed by atoms with van der Waals surface area (Å²) in [5.41, 5.74) is -0.266. The summed E-state index contributed by atoms with van der Waals surface area (Å²) in [5.74, 6) is 0.440. The van der Waals surface area contributed by atoms with Crippen LogP contribution in [0.5, 0.6) is 5.75 Å². The first-order chi connectivity index (χ1) is 7.02. The zero-order valence-corrected chi connectivity index (χ0v) is 12.1. The van der Waals surface area contributed by atoms with E-state index in [4.69, 9.17) is 4.74 Å². The van der Waals surface area contributed by atoms with Crippen molar-refractivity contribution in [3.8, 4) is 5.75 Å². The van der Waals surface area contributed by atoms with Crippen molar-refractivity contribution in [2.24, 2.45) is 0 Å². The number of aromatic amines is 1. The predicted octanol–water partition coefficient (Wildman–Crippen LogP) is -0.765. The molecule has 80 valence electrons. The Morgan fingerprint density at radius 2 is 1.94 bits per heavy atom. The molecule has 2 rings (SSSR count). The largest absolute Gasteiger partial charge is 1.00 e. The molecule has 0 aliphatic carbocycles. The van der Waals surface area contributed by atoms with E-state index in [1.165, 1.54) is 7.11 Å². The minimum absolute atomic E-state index is 0. The average molecular weight is 253 g/mol. The van der Waals surface area contributed by atoms with Gasteiger partial charge in [0.15, 0.2) is 0 Å². The summed E-state index contributed by atoms with van der Waals surface area (Å²) in [6.45, 7) is -4.99. The zero-order valence-electron chi connectivity index (χ0n) is 8.93. The molecule has 0 spiro atoms. The van der Waals surface area contributed by atoms with Gasteiger partial charge in [-0.2, -0.15) is 0 Å². The molecule has 16 heavy (non-hydrogen) atoms. The summed E-state index contributed by atoms with van der Waals surface area (Å²) in [6, 6.07) is 5.94. The van der Waals surface area contributed by atoms with Crippen molar-refractivity contribution in [3.63, 3.8) is 0 Å².